The van der Waals surface area contributed by atoms with E-state index in [1.807, 2.05) is 17.2 Å². The van der Waals surface area contributed by atoms with Gasteiger partial charge in [0.1, 0.15) is 0 Å². The number of rotatable bonds is 3. The van der Waals surface area contributed by atoms with Gasteiger partial charge in [0.25, 0.3) is 0 Å². The van der Waals surface area contributed by atoms with E-state index in [0.29, 0.717) is 6.42 Å². The fourth-order valence-corrected chi connectivity index (χ4v) is 2.86. The van der Waals surface area contributed by atoms with Crippen molar-refractivity contribution in [3.63, 3.8) is 0 Å². The molecule has 16 heavy (non-hydrogen) atoms. The van der Waals surface area contributed by atoms with Gasteiger partial charge in [-0.15, -0.1) is 11.3 Å². The number of hydrogen-bond acceptors (Lipinski definition) is 4. The summed E-state index contributed by atoms with van der Waals surface area (Å²) in [4.78, 5) is 18.1. The summed E-state index contributed by atoms with van der Waals surface area (Å²) in [5.74, 6) is 0.157. The van der Waals surface area contributed by atoms with Crippen molar-refractivity contribution in [1.82, 2.24) is 9.88 Å². The van der Waals surface area contributed by atoms with Gasteiger partial charge in [-0.25, -0.2) is 4.98 Å². The first-order chi connectivity index (χ1) is 7.63. The number of nitrogens with two attached hydrogens (primary N) is 1. The summed E-state index contributed by atoms with van der Waals surface area (Å²) in [6.45, 7) is 4.81. The van der Waals surface area contributed by atoms with Crippen LogP contribution in [-0.2, 0) is 4.79 Å². The van der Waals surface area contributed by atoms with Gasteiger partial charge in [0, 0.05) is 24.4 Å². The molecular formula is C11H17N3OS. The molecule has 1 aromatic heterocycles. The Morgan fingerprint density at radius 1 is 1.69 bits per heavy atom. The van der Waals surface area contributed by atoms with E-state index in [9.17, 15) is 4.79 Å². The number of nitrogens with zero attached hydrogens (tertiary/aromatic N) is 2. The number of carbonyl (C=O) groups excluding carboxylic acids is 1. The molecule has 1 aliphatic rings. The molecule has 0 aliphatic carbocycles. The number of aromatic nitrogens is 1. The normalized spacial score (nSPS) is 25.4. The summed E-state index contributed by atoms with van der Waals surface area (Å²) in [6.07, 6.45) is 1.40. The van der Waals surface area contributed by atoms with Crippen LogP contribution in [0.4, 0.5) is 0 Å². The zero-order chi connectivity index (χ0) is 11.7. The highest BCUT2D eigenvalue weighted by molar-refractivity contribution is 7.09. The van der Waals surface area contributed by atoms with Crippen molar-refractivity contribution in [2.75, 3.05) is 6.54 Å². The number of amides is 1. The van der Waals surface area contributed by atoms with E-state index < -0.39 is 0 Å². The lowest BCUT2D eigenvalue weighted by Gasteiger charge is -2.24. The molecule has 1 aromatic rings. The number of carbonyl (C=O) groups is 1. The van der Waals surface area contributed by atoms with E-state index >= 15 is 0 Å². The summed E-state index contributed by atoms with van der Waals surface area (Å²) in [5.41, 5.74) is 6.99. The summed E-state index contributed by atoms with van der Waals surface area (Å²) < 4.78 is 0. The van der Waals surface area contributed by atoms with E-state index in [2.05, 4.69) is 11.9 Å². The van der Waals surface area contributed by atoms with Gasteiger partial charge in [0.05, 0.1) is 16.7 Å². The number of aryl methyl sites for hydroxylation is 1. The first-order valence-electron chi connectivity index (χ1n) is 5.60. The molecule has 0 saturated carbocycles. The van der Waals surface area contributed by atoms with E-state index in [1.165, 1.54) is 0 Å². The van der Waals surface area contributed by atoms with Crippen LogP contribution in [0.1, 0.15) is 36.5 Å². The third kappa shape index (κ3) is 1.97. The molecule has 1 amide bonds. The molecule has 1 saturated heterocycles. The van der Waals surface area contributed by atoms with Crippen molar-refractivity contribution in [2.45, 2.75) is 38.8 Å². The molecule has 2 unspecified atom stereocenters. The Morgan fingerprint density at radius 2 is 2.44 bits per heavy atom. The molecular weight excluding hydrogens is 222 g/mol. The topological polar surface area (TPSA) is 59.2 Å². The molecule has 2 heterocycles. The van der Waals surface area contributed by atoms with E-state index in [0.717, 1.165) is 23.7 Å². The molecule has 2 N–H and O–H groups in total. The van der Waals surface area contributed by atoms with Crippen LogP contribution in [0.5, 0.6) is 0 Å². The monoisotopic (exact) mass is 239 g/mol. The number of hydrogen-bond donors (Lipinski definition) is 1. The van der Waals surface area contributed by atoms with Gasteiger partial charge >= 0.3 is 0 Å². The average molecular weight is 239 g/mol. The molecule has 2 rings (SSSR count). The quantitative estimate of drug-likeness (QED) is 0.868. The Balaban J connectivity index is 2.26. The van der Waals surface area contributed by atoms with Crippen molar-refractivity contribution in [1.29, 1.82) is 0 Å². The van der Waals surface area contributed by atoms with E-state index in [1.54, 1.807) is 11.3 Å². The van der Waals surface area contributed by atoms with E-state index in [-0.39, 0.29) is 18.0 Å². The van der Waals surface area contributed by atoms with Gasteiger partial charge in [-0.2, -0.15) is 0 Å². The van der Waals surface area contributed by atoms with Gasteiger partial charge in [-0.3, -0.25) is 4.79 Å². The summed E-state index contributed by atoms with van der Waals surface area (Å²) >= 11 is 1.61. The first-order valence-corrected chi connectivity index (χ1v) is 6.48. The van der Waals surface area contributed by atoms with Crippen LogP contribution in [0.3, 0.4) is 0 Å². The maximum atomic E-state index is 11.8. The minimum absolute atomic E-state index is 0.0163. The largest absolute Gasteiger partial charge is 0.332 e. The Kier molecular flexibility index (Phi) is 3.25. The fraction of sp³-hybridized carbons (Fsp3) is 0.636. The SMILES string of the molecule is CCCN1C(=O)CC(N)C1c1csc(C)n1. The van der Waals surface area contributed by atoms with Gasteiger partial charge < -0.3 is 10.6 Å². The van der Waals surface area contributed by atoms with Crippen molar-refractivity contribution < 1.29 is 4.79 Å². The van der Waals surface area contributed by atoms with Crippen molar-refractivity contribution in [2.24, 2.45) is 5.73 Å². The molecule has 0 spiro atoms. The summed E-state index contributed by atoms with van der Waals surface area (Å²) in [6, 6.07) is -0.127. The molecule has 5 heteroatoms. The maximum absolute atomic E-state index is 11.8. The second kappa shape index (κ2) is 4.51. The summed E-state index contributed by atoms with van der Waals surface area (Å²) in [5, 5.41) is 3.04. The van der Waals surface area contributed by atoms with Crippen LogP contribution in [0.2, 0.25) is 0 Å². The third-order valence-corrected chi connectivity index (χ3v) is 3.67. The first kappa shape index (κ1) is 11.5. The highest BCUT2D eigenvalue weighted by atomic mass is 32.1. The lowest BCUT2D eigenvalue weighted by molar-refractivity contribution is -0.129. The van der Waals surface area contributed by atoms with Gasteiger partial charge in [-0.05, 0) is 13.3 Å². The van der Waals surface area contributed by atoms with Crippen LogP contribution in [-0.4, -0.2) is 28.4 Å². The highest BCUT2D eigenvalue weighted by Crippen LogP contribution is 2.32. The predicted molar refractivity (Wildman–Crippen MR) is 64.2 cm³/mol. The average Bonchev–Trinajstić information content (AvgIpc) is 2.73. The van der Waals surface area contributed by atoms with Gasteiger partial charge in [-0.1, -0.05) is 6.92 Å². The Hall–Kier alpha value is -0.940. The van der Waals surface area contributed by atoms with Gasteiger partial charge in [0.15, 0.2) is 0 Å². The van der Waals surface area contributed by atoms with E-state index in [4.69, 9.17) is 5.73 Å². The van der Waals surface area contributed by atoms with Crippen LogP contribution in [0, 0.1) is 6.92 Å². The lowest BCUT2D eigenvalue weighted by Crippen LogP contribution is -2.33. The molecule has 1 aliphatic heterocycles. The fourth-order valence-electron chi connectivity index (χ4n) is 2.22. The van der Waals surface area contributed by atoms with Crippen molar-refractivity contribution in [3.05, 3.63) is 16.1 Å². The van der Waals surface area contributed by atoms with Crippen LogP contribution in [0.25, 0.3) is 0 Å². The summed E-state index contributed by atoms with van der Waals surface area (Å²) in [7, 11) is 0. The number of thiazole rings is 1. The third-order valence-electron chi connectivity index (χ3n) is 2.88. The molecule has 2 atom stereocenters. The van der Waals surface area contributed by atoms with Crippen LogP contribution >= 0.6 is 11.3 Å². The van der Waals surface area contributed by atoms with Crippen LogP contribution in [0.15, 0.2) is 5.38 Å². The molecule has 0 radical (unpaired) electrons. The zero-order valence-electron chi connectivity index (χ0n) is 9.64. The maximum Gasteiger partial charge on any atom is 0.224 e. The second-order valence-corrected chi connectivity index (χ2v) is 5.25. The molecule has 0 aromatic carbocycles. The zero-order valence-corrected chi connectivity index (χ0v) is 10.5. The minimum Gasteiger partial charge on any atom is -0.332 e. The molecule has 1 fully saturated rings. The van der Waals surface area contributed by atoms with Crippen molar-refractivity contribution in [3.8, 4) is 0 Å². The molecule has 88 valence electrons. The van der Waals surface area contributed by atoms with Crippen molar-refractivity contribution >= 4 is 17.2 Å². The Morgan fingerprint density at radius 3 is 3.00 bits per heavy atom. The Labute approximate surface area is 99.5 Å². The second-order valence-electron chi connectivity index (χ2n) is 4.19. The Bertz CT molecular complexity index is 390. The standard InChI is InChI=1S/C11H17N3OS/c1-3-4-14-10(15)5-8(12)11(14)9-6-16-7(2)13-9/h6,8,11H,3-5,12H2,1-2H3. The minimum atomic E-state index is -0.111. The molecule has 0 bridgehead atoms. The smallest absolute Gasteiger partial charge is 0.224 e. The van der Waals surface area contributed by atoms with Gasteiger partial charge in [0.2, 0.25) is 5.91 Å². The lowest BCUT2D eigenvalue weighted by atomic mass is 10.1. The highest BCUT2D eigenvalue weighted by Gasteiger charge is 2.39. The predicted octanol–water partition coefficient (Wildman–Crippen LogP) is 1.46. The number of likely N-dealkylation sites (tertiary alicyclic amines) is 1. The van der Waals surface area contributed by atoms with Crippen LogP contribution < -0.4 is 5.73 Å². The molecule has 4 nitrogen and oxygen atoms in total.